The standard InChI is InChI=1S/C17H25FN2O/c1-20(10-14-4-2-3-5-16(14)18)12-17(8-9-21-13-17)11-19-15-6-7-15/h2-5,15,19H,6-13H2,1H3. The highest BCUT2D eigenvalue weighted by Gasteiger charge is 2.37. The maximum atomic E-state index is 13.8. The van der Waals surface area contributed by atoms with Gasteiger partial charge in [0.05, 0.1) is 6.61 Å². The zero-order valence-corrected chi connectivity index (χ0v) is 12.8. The third kappa shape index (κ3) is 4.02. The van der Waals surface area contributed by atoms with Crippen LogP contribution < -0.4 is 5.32 Å². The lowest BCUT2D eigenvalue weighted by atomic mass is 9.86. The molecule has 1 aliphatic carbocycles. The minimum absolute atomic E-state index is 0.114. The van der Waals surface area contributed by atoms with Gasteiger partial charge in [-0.2, -0.15) is 0 Å². The van der Waals surface area contributed by atoms with Crippen molar-refractivity contribution in [2.75, 3.05) is 33.4 Å². The molecule has 1 saturated heterocycles. The van der Waals surface area contributed by atoms with E-state index in [1.54, 1.807) is 6.07 Å². The first kappa shape index (κ1) is 14.9. The summed E-state index contributed by atoms with van der Waals surface area (Å²) in [6, 6.07) is 7.76. The molecular weight excluding hydrogens is 267 g/mol. The number of halogens is 1. The molecule has 2 aliphatic rings. The summed E-state index contributed by atoms with van der Waals surface area (Å²) in [5, 5.41) is 3.64. The van der Waals surface area contributed by atoms with Gasteiger partial charge in [-0.3, -0.25) is 0 Å². The van der Waals surface area contributed by atoms with Crippen LogP contribution in [0.1, 0.15) is 24.8 Å². The Labute approximate surface area is 126 Å². The molecule has 1 aromatic rings. The average Bonchev–Trinajstić information content (AvgIpc) is 3.19. The van der Waals surface area contributed by atoms with Gasteiger partial charge in [0.15, 0.2) is 0 Å². The second kappa shape index (κ2) is 6.42. The minimum Gasteiger partial charge on any atom is -0.381 e. The van der Waals surface area contributed by atoms with Gasteiger partial charge in [0.1, 0.15) is 5.82 Å². The lowest BCUT2D eigenvalue weighted by Gasteiger charge is -2.32. The van der Waals surface area contributed by atoms with E-state index in [-0.39, 0.29) is 11.2 Å². The third-order valence-electron chi connectivity index (χ3n) is 4.53. The summed E-state index contributed by atoms with van der Waals surface area (Å²) >= 11 is 0. The van der Waals surface area contributed by atoms with Crippen LogP contribution in [0.5, 0.6) is 0 Å². The van der Waals surface area contributed by atoms with E-state index < -0.39 is 0 Å². The molecule has 1 N–H and O–H groups in total. The predicted octanol–water partition coefficient (Wildman–Crippen LogP) is 2.42. The van der Waals surface area contributed by atoms with E-state index in [2.05, 4.69) is 17.3 Å². The lowest BCUT2D eigenvalue weighted by Crippen LogP contribution is -2.44. The van der Waals surface area contributed by atoms with Gasteiger partial charge in [-0.25, -0.2) is 4.39 Å². The van der Waals surface area contributed by atoms with Crippen LogP contribution in [0.4, 0.5) is 4.39 Å². The third-order valence-corrected chi connectivity index (χ3v) is 4.53. The van der Waals surface area contributed by atoms with Gasteiger partial charge in [-0.15, -0.1) is 0 Å². The summed E-state index contributed by atoms with van der Waals surface area (Å²) in [4.78, 5) is 2.22. The van der Waals surface area contributed by atoms with E-state index in [9.17, 15) is 4.39 Å². The fourth-order valence-corrected chi connectivity index (χ4v) is 3.16. The first-order valence-electron chi connectivity index (χ1n) is 7.90. The molecule has 1 heterocycles. The predicted molar refractivity (Wildman–Crippen MR) is 81.6 cm³/mol. The van der Waals surface area contributed by atoms with Crippen molar-refractivity contribution < 1.29 is 9.13 Å². The molecule has 1 unspecified atom stereocenters. The Bertz CT molecular complexity index is 470. The van der Waals surface area contributed by atoms with E-state index in [1.807, 2.05) is 12.1 Å². The van der Waals surface area contributed by atoms with Crippen molar-refractivity contribution in [3.8, 4) is 0 Å². The molecule has 0 aromatic heterocycles. The number of benzene rings is 1. The van der Waals surface area contributed by atoms with Gasteiger partial charge in [0.2, 0.25) is 0 Å². The van der Waals surface area contributed by atoms with E-state index in [0.717, 1.165) is 44.3 Å². The summed E-state index contributed by atoms with van der Waals surface area (Å²) in [7, 11) is 2.07. The van der Waals surface area contributed by atoms with E-state index in [4.69, 9.17) is 4.74 Å². The molecule has 21 heavy (non-hydrogen) atoms. The van der Waals surface area contributed by atoms with Crippen molar-refractivity contribution in [1.82, 2.24) is 10.2 Å². The van der Waals surface area contributed by atoms with Crippen molar-refractivity contribution in [1.29, 1.82) is 0 Å². The van der Waals surface area contributed by atoms with Crippen LogP contribution in [-0.2, 0) is 11.3 Å². The number of rotatable bonds is 7. The fourth-order valence-electron chi connectivity index (χ4n) is 3.16. The molecule has 2 fully saturated rings. The highest BCUT2D eigenvalue weighted by Crippen LogP contribution is 2.31. The molecule has 0 bridgehead atoms. The van der Waals surface area contributed by atoms with Crippen molar-refractivity contribution in [3.05, 3.63) is 35.6 Å². The number of nitrogens with zero attached hydrogens (tertiary/aromatic N) is 1. The first-order chi connectivity index (χ1) is 10.2. The lowest BCUT2D eigenvalue weighted by molar-refractivity contribution is 0.116. The minimum atomic E-state index is -0.114. The van der Waals surface area contributed by atoms with E-state index >= 15 is 0 Å². The second-order valence-electron chi connectivity index (χ2n) is 6.72. The zero-order chi connectivity index (χ0) is 14.7. The fraction of sp³-hybridized carbons (Fsp3) is 0.647. The van der Waals surface area contributed by atoms with Crippen LogP contribution in [0.3, 0.4) is 0 Å². The van der Waals surface area contributed by atoms with Gasteiger partial charge in [-0.1, -0.05) is 18.2 Å². The number of nitrogens with one attached hydrogen (secondary N) is 1. The Morgan fingerprint density at radius 3 is 2.86 bits per heavy atom. The van der Waals surface area contributed by atoms with Crippen LogP contribution in [0.25, 0.3) is 0 Å². The van der Waals surface area contributed by atoms with Crippen LogP contribution in [0.2, 0.25) is 0 Å². The Balaban J connectivity index is 1.58. The van der Waals surface area contributed by atoms with E-state index in [0.29, 0.717) is 6.54 Å². The van der Waals surface area contributed by atoms with Crippen LogP contribution in [0.15, 0.2) is 24.3 Å². The molecule has 1 saturated carbocycles. The summed E-state index contributed by atoms with van der Waals surface area (Å²) < 4.78 is 19.4. The quantitative estimate of drug-likeness (QED) is 0.835. The molecule has 116 valence electrons. The maximum absolute atomic E-state index is 13.8. The summed E-state index contributed by atoms with van der Waals surface area (Å²) in [6.07, 6.45) is 3.71. The highest BCUT2D eigenvalue weighted by atomic mass is 19.1. The van der Waals surface area contributed by atoms with Crippen LogP contribution >= 0.6 is 0 Å². The van der Waals surface area contributed by atoms with Gasteiger partial charge in [0.25, 0.3) is 0 Å². The highest BCUT2D eigenvalue weighted by molar-refractivity contribution is 5.17. The topological polar surface area (TPSA) is 24.5 Å². The number of hydrogen-bond donors (Lipinski definition) is 1. The average molecular weight is 292 g/mol. The molecule has 0 amide bonds. The van der Waals surface area contributed by atoms with Gasteiger partial charge >= 0.3 is 0 Å². The van der Waals surface area contributed by atoms with Crippen molar-refractivity contribution >= 4 is 0 Å². The van der Waals surface area contributed by atoms with Gasteiger partial charge in [-0.05, 0) is 32.4 Å². The van der Waals surface area contributed by atoms with Crippen molar-refractivity contribution in [2.45, 2.75) is 31.8 Å². The Morgan fingerprint density at radius 1 is 1.38 bits per heavy atom. The molecule has 1 atom stereocenters. The number of ether oxygens (including phenoxy) is 1. The Kier molecular flexibility index (Phi) is 4.57. The molecule has 3 nitrogen and oxygen atoms in total. The van der Waals surface area contributed by atoms with Gasteiger partial charge < -0.3 is 15.0 Å². The molecule has 0 spiro atoms. The summed E-state index contributed by atoms with van der Waals surface area (Å²) in [5.41, 5.74) is 0.951. The largest absolute Gasteiger partial charge is 0.381 e. The molecule has 4 heteroatoms. The summed E-state index contributed by atoms with van der Waals surface area (Å²) in [6.45, 7) is 4.27. The van der Waals surface area contributed by atoms with Crippen LogP contribution in [-0.4, -0.2) is 44.3 Å². The normalized spacial score (nSPS) is 25.7. The smallest absolute Gasteiger partial charge is 0.127 e. The molecule has 0 radical (unpaired) electrons. The zero-order valence-electron chi connectivity index (χ0n) is 12.8. The molecule has 3 rings (SSSR count). The Morgan fingerprint density at radius 2 is 2.19 bits per heavy atom. The van der Waals surface area contributed by atoms with Crippen molar-refractivity contribution in [3.63, 3.8) is 0 Å². The van der Waals surface area contributed by atoms with Gasteiger partial charge in [0, 0.05) is 43.3 Å². The van der Waals surface area contributed by atoms with E-state index in [1.165, 1.54) is 18.9 Å². The molecule has 1 aliphatic heterocycles. The molecule has 1 aromatic carbocycles. The SMILES string of the molecule is CN(Cc1ccccc1F)CC1(CNC2CC2)CCOC1. The number of hydrogen-bond acceptors (Lipinski definition) is 3. The monoisotopic (exact) mass is 292 g/mol. The maximum Gasteiger partial charge on any atom is 0.127 e. The molecular formula is C17H25FN2O. The first-order valence-corrected chi connectivity index (χ1v) is 7.90. The second-order valence-corrected chi connectivity index (χ2v) is 6.72. The Hall–Kier alpha value is -0.970. The van der Waals surface area contributed by atoms with Crippen LogP contribution in [0, 0.1) is 11.2 Å². The van der Waals surface area contributed by atoms with Crippen molar-refractivity contribution in [2.24, 2.45) is 5.41 Å². The summed E-state index contributed by atoms with van der Waals surface area (Å²) in [5.74, 6) is -0.114.